The highest BCUT2D eigenvalue weighted by atomic mass is 16.4. The van der Waals surface area contributed by atoms with E-state index in [4.69, 9.17) is 5.10 Å². The van der Waals surface area contributed by atoms with Crippen LogP contribution in [0.4, 0.5) is 0 Å². The maximum Gasteiger partial charge on any atom is 0.339 e. The molecule has 0 bridgehead atoms. The molecule has 2 N–H and O–H groups in total. The number of H-pyrrole nitrogens is 1. The Morgan fingerprint density at radius 3 is 2.31 bits per heavy atom. The van der Waals surface area contributed by atoms with Crippen molar-refractivity contribution in [2.75, 3.05) is 0 Å². The van der Waals surface area contributed by atoms with E-state index in [9.17, 15) is 9.90 Å². The van der Waals surface area contributed by atoms with Gasteiger partial charge in [0.25, 0.3) is 0 Å². The van der Waals surface area contributed by atoms with Gasteiger partial charge in [0.1, 0.15) is 5.56 Å². The summed E-state index contributed by atoms with van der Waals surface area (Å²) in [7, 11) is 0. The molecule has 5 rings (SSSR count). The molecule has 0 atom stereocenters. The molecule has 0 aliphatic heterocycles. The van der Waals surface area contributed by atoms with Crippen LogP contribution in [0.2, 0.25) is 0 Å². The van der Waals surface area contributed by atoms with Crippen molar-refractivity contribution in [3.63, 3.8) is 0 Å². The molecule has 0 aliphatic carbocycles. The molecule has 0 unspecified atom stereocenters. The van der Waals surface area contributed by atoms with Gasteiger partial charge in [0.2, 0.25) is 5.82 Å². The number of rotatable bonds is 9. The third kappa shape index (κ3) is 4.65. The zero-order chi connectivity index (χ0) is 24.9. The molecule has 2 aromatic heterocycles. The first-order chi connectivity index (χ1) is 17.7. The Hall–Kier alpha value is -4.59. The second-order valence-corrected chi connectivity index (χ2v) is 8.57. The fourth-order valence-corrected chi connectivity index (χ4v) is 4.42. The summed E-state index contributed by atoms with van der Waals surface area (Å²) in [6.45, 7) is 2.79. The normalized spacial score (nSPS) is 11.0. The quantitative estimate of drug-likeness (QED) is 0.290. The van der Waals surface area contributed by atoms with Gasteiger partial charge < -0.3 is 5.11 Å². The molecule has 0 saturated carbocycles. The first-order valence-electron chi connectivity index (χ1n) is 12.0. The van der Waals surface area contributed by atoms with Gasteiger partial charge >= 0.3 is 5.97 Å². The number of nitrogens with zero attached hydrogens (tertiary/aromatic N) is 5. The Morgan fingerprint density at radius 2 is 1.64 bits per heavy atom. The lowest BCUT2D eigenvalue weighted by atomic mass is 9.96. The second-order valence-electron chi connectivity index (χ2n) is 8.57. The molecule has 180 valence electrons. The van der Waals surface area contributed by atoms with Crippen LogP contribution in [0.25, 0.3) is 33.8 Å². The Balaban J connectivity index is 1.49. The molecule has 36 heavy (non-hydrogen) atoms. The molecule has 8 nitrogen and oxygen atoms in total. The molecule has 0 amide bonds. The van der Waals surface area contributed by atoms with E-state index in [-0.39, 0.29) is 5.56 Å². The number of unbranched alkanes of at least 4 members (excludes halogenated alkanes) is 1. The number of carbonyl (C=O) groups is 1. The Kier molecular flexibility index (Phi) is 6.66. The molecule has 5 aromatic rings. The Morgan fingerprint density at radius 1 is 0.917 bits per heavy atom. The molecule has 0 saturated heterocycles. The zero-order valence-electron chi connectivity index (χ0n) is 19.9. The van der Waals surface area contributed by atoms with Crippen molar-refractivity contribution in [3.8, 4) is 33.8 Å². The number of hydrogen-bond acceptors (Lipinski definition) is 5. The highest BCUT2D eigenvalue weighted by Gasteiger charge is 2.24. The average molecular weight is 479 g/mol. The third-order valence-corrected chi connectivity index (χ3v) is 6.16. The van der Waals surface area contributed by atoms with E-state index in [0.717, 1.165) is 40.7 Å². The zero-order valence-corrected chi connectivity index (χ0v) is 19.9. The van der Waals surface area contributed by atoms with Gasteiger partial charge in [0.05, 0.1) is 11.4 Å². The van der Waals surface area contributed by atoms with Crippen LogP contribution in [0.15, 0.2) is 78.9 Å². The van der Waals surface area contributed by atoms with E-state index in [0.29, 0.717) is 30.2 Å². The smallest absolute Gasteiger partial charge is 0.339 e. The molecule has 0 aliphatic rings. The van der Waals surface area contributed by atoms with Crippen molar-refractivity contribution < 1.29 is 9.90 Å². The number of aromatic carboxylic acids is 1. The first kappa shape index (κ1) is 23.2. The first-order valence-corrected chi connectivity index (χ1v) is 12.0. The average Bonchev–Trinajstić information content (AvgIpc) is 3.57. The lowest BCUT2D eigenvalue weighted by Crippen LogP contribution is -2.05. The lowest BCUT2D eigenvalue weighted by Gasteiger charge is -2.08. The number of hydrogen-bond donors (Lipinski definition) is 2. The summed E-state index contributed by atoms with van der Waals surface area (Å²) in [5.74, 6) is -0.427. The molecule has 2 heterocycles. The summed E-state index contributed by atoms with van der Waals surface area (Å²) in [5, 5.41) is 29.3. The SMILES string of the molecule is CCCCn1nc(Cc2ccc(-c3ccccc3-c3nn[nH]n3)cc2)c(C(=O)O)c1-c1ccccc1. The molecular weight excluding hydrogens is 452 g/mol. The predicted molar refractivity (Wildman–Crippen MR) is 137 cm³/mol. The maximum atomic E-state index is 12.4. The Labute approximate surface area is 208 Å². The van der Waals surface area contributed by atoms with Crippen molar-refractivity contribution >= 4 is 5.97 Å². The summed E-state index contributed by atoms with van der Waals surface area (Å²) in [5.41, 5.74) is 6.23. The van der Waals surface area contributed by atoms with E-state index in [2.05, 4.69) is 27.5 Å². The van der Waals surface area contributed by atoms with Crippen LogP contribution in [0, 0.1) is 0 Å². The van der Waals surface area contributed by atoms with Gasteiger partial charge in [-0.05, 0) is 28.3 Å². The van der Waals surface area contributed by atoms with E-state index >= 15 is 0 Å². The number of aromatic amines is 1. The number of aromatic nitrogens is 6. The van der Waals surface area contributed by atoms with Crippen molar-refractivity contribution in [1.29, 1.82) is 0 Å². The fraction of sp³-hybridized carbons (Fsp3) is 0.179. The van der Waals surface area contributed by atoms with Gasteiger partial charge in [-0.25, -0.2) is 4.79 Å². The fourth-order valence-electron chi connectivity index (χ4n) is 4.42. The predicted octanol–water partition coefficient (Wildman–Crippen LogP) is 5.49. The number of tetrazole rings is 1. The topological polar surface area (TPSA) is 110 Å². The summed E-state index contributed by atoms with van der Waals surface area (Å²) in [6.07, 6.45) is 2.35. The van der Waals surface area contributed by atoms with Crippen LogP contribution in [0.5, 0.6) is 0 Å². The van der Waals surface area contributed by atoms with Gasteiger partial charge in [0, 0.05) is 24.1 Å². The molecular formula is C28H26N6O2. The van der Waals surface area contributed by atoms with Crippen LogP contribution >= 0.6 is 0 Å². The van der Waals surface area contributed by atoms with Crippen LogP contribution in [-0.4, -0.2) is 41.5 Å². The van der Waals surface area contributed by atoms with E-state index < -0.39 is 5.97 Å². The molecule has 3 aromatic carbocycles. The minimum absolute atomic E-state index is 0.267. The molecule has 0 radical (unpaired) electrons. The lowest BCUT2D eigenvalue weighted by molar-refractivity contribution is 0.0696. The summed E-state index contributed by atoms with van der Waals surface area (Å²) < 4.78 is 1.85. The maximum absolute atomic E-state index is 12.4. The number of nitrogens with one attached hydrogen (secondary N) is 1. The van der Waals surface area contributed by atoms with Crippen LogP contribution in [0.1, 0.15) is 41.4 Å². The van der Waals surface area contributed by atoms with Gasteiger partial charge in [0.15, 0.2) is 0 Å². The number of benzene rings is 3. The molecule has 8 heteroatoms. The van der Waals surface area contributed by atoms with Crippen LogP contribution in [0.3, 0.4) is 0 Å². The van der Waals surface area contributed by atoms with Gasteiger partial charge in [-0.3, -0.25) is 4.68 Å². The second kappa shape index (κ2) is 10.4. The number of carboxylic acids is 1. The summed E-state index contributed by atoms with van der Waals surface area (Å²) in [4.78, 5) is 12.4. The minimum Gasteiger partial charge on any atom is -0.478 e. The van der Waals surface area contributed by atoms with Crippen molar-refractivity contribution in [1.82, 2.24) is 30.4 Å². The third-order valence-electron chi connectivity index (χ3n) is 6.16. The van der Waals surface area contributed by atoms with Gasteiger partial charge in [-0.15, -0.1) is 10.2 Å². The van der Waals surface area contributed by atoms with Crippen molar-refractivity contribution in [3.05, 3.63) is 95.7 Å². The van der Waals surface area contributed by atoms with Gasteiger partial charge in [-0.2, -0.15) is 10.3 Å². The highest BCUT2D eigenvalue weighted by Crippen LogP contribution is 2.31. The standard InChI is InChI=1S/C28H26N6O2/c1-2-3-17-34-26(21-9-5-4-6-10-21)25(28(35)36)24(31-34)18-19-13-15-20(16-14-19)22-11-7-8-12-23(22)27-29-32-33-30-27/h4-16H,2-3,17-18H2,1H3,(H,35,36)(H,29,30,32,33). The van der Waals surface area contributed by atoms with Crippen molar-refractivity contribution in [2.24, 2.45) is 0 Å². The summed E-state index contributed by atoms with van der Waals surface area (Å²) in [6, 6.07) is 25.6. The Bertz CT molecular complexity index is 1460. The van der Waals surface area contributed by atoms with Crippen LogP contribution in [-0.2, 0) is 13.0 Å². The van der Waals surface area contributed by atoms with E-state index in [1.54, 1.807) is 0 Å². The molecule has 0 fully saturated rings. The number of aryl methyl sites for hydroxylation is 1. The minimum atomic E-state index is -0.961. The van der Waals surface area contributed by atoms with Gasteiger partial charge in [-0.1, -0.05) is 92.2 Å². The number of carboxylic acid groups (broad SMARTS) is 1. The molecule has 0 spiro atoms. The van der Waals surface area contributed by atoms with Crippen LogP contribution < -0.4 is 0 Å². The monoisotopic (exact) mass is 478 g/mol. The largest absolute Gasteiger partial charge is 0.478 e. The van der Waals surface area contributed by atoms with E-state index in [1.165, 1.54) is 0 Å². The summed E-state index contributed by atoms with van der Waals surface area (Å²) >= 11 is 0. The van der Waals surface area contributed by atoms with Crippen molar-refractivity contribution in [2.45, 2.75) is 32.7 Å². The highest BCUT2D eigenvalue weighted by molar-refractivity contribution is 5.96. The van der Waals surface area contributed by atoms with E-state index in [1.807, 2.05) is 83.5 Å².